The van der Waals surface area contributed by atoms with Gasteiger partial charge in [0.2, 0.25) is 5.91 Å². The second-order valence-electron chi connectivity index (χ2n) is 7.92. The summed E-state index contributed by atoms with van der Waals surface area (Å²) >= 11 is 1.30. The number of hydrogen-bond acceptors (Lipinski definition) is 5. The molecule has 2 aliphatic rings. The van der Waals surface area contributed by atoms with Gasteiger partial charge in [-0.05, 0) is 36.5 Å². The molecule has 1 aliphatic heterocycles. The lowest BCUT2D eigenvalue weighted by molar-refractivity contribution is -0.136. The minimum Gasteiger partial charge on any atom is -0.323 e. The summed E-state index contributed by atoms with van der Waals surface area (Å²) in [6, 6.07) is 5.69. The van der Waals surface area contributed by atoms with E-state index in [0.29, 0.717) is 18.0 Å². The summed E-state index contributed by atoms with van der Waals surface area (Å²) in [5.74, 6) is -1.03. The number of thiazole rings is 1. The number of nitrogens with one attached hydrogen (secondary N) is 2. The summed E-state index contributed by atoms with van der Waals surface area (Å²) in [5, 5.41) is 5.90. The smallest absolute Gasteiger partial charge is 0.323 e. The van der Waals surface area contributed by atoms with Gasteiger partial charge in [0.15, 0.2) is 5.13 Å². The lowest BCUT2D eigenvalue weighted by Crippen LogP contribution is -2.54. The molecule has 0 bridgehead atoms. The van der Waals surface area contributed by atoms with E-state index in [0.717, 1.165) is 34.6 Å². The molecule has 1 saturated carbocycles. The predicted molar refractivity (Wildman–Crippen MR) is 111 cm³/mol. The summed E-state index contributed by atoms with van der Waals surface area (Å²) in [5.41, 5.74) is 0.0585. The van der Waals surface area contributed by atoms with E-state index >= 15 is 0 Å². The fourth-order valence-corrected chi connectivity index (χ4v) is 5.05. The number of imide groups is 1. The van der Waals surface area contributed by atoms with Crippen molar-refractivity contribution >= 4 is 34.3 Å². The summed E-state index contributed by atoms with van der Waals surface area (Å²) in [6.45, 7) is 1.63. The van der Waals surface area contributed by atoms with Gasteiger partial charge in [0.1, 0.15) is 17.9 Å². The maximum absolute atomic E-state index is 13.0. The van der Waals surface area contributed by atoms with Gasteiger partial charge in [0.05, 0.1) is 0 Å². The topological polar surface area (TPSA) is 91.4 Å². The SMILES string of the molecule is C[C@@H]1CCCC[C@@]12NC(=O)N(CC(=O)Nc1ncc(Cc3ccc(F)cc3)s1)C2=O. The summed E-state index contributed by atoms with van der Waals surface area (Å²) in [6.07, 6.45) is 5.62. The van der Waals surface area contributed by atoms with Crippen LogP contribution in [0.2, 0.25) is 0 Å². The Bertz CT molecular complexity index is 977. The van der Waals surface area contributed by atoms with Crippen molar-refractivity contribution in [2.45, 2.75) is 44.6 Å². The number of benzene rings is 1. The Morgan fingerprint density at radius 2 is 2.10 bits per heavy atom. The van der Waals surface area contributed by atoms with Crippen molar-refractivity contribution in [3.8, 4) is 0 Å². The van der Waals surface area contributed by atoms with Crippen molar-refractivity contribution in [1.82, 2.24) is 15.2 Å². The fraction of sp³-hybridized carbons (Fsp3) is 0.429. The number of anilines is 1. The summed E-state index contributed by atoms with van der Waals surface area (Å²) in [4.78, 5) is 43.9. The molecule has 30 heavy (non-hydrogen) atoms. The number of aromatic nitrogens is 1. The van der Waals surface area contributed by atoms with E-state index in [9.17, 15) is 18.8 Å². The third-order valence-corrected chi connectivity index (χ3v) is 6.81. The van der Waals surface area contributed by atoms with Crippen LogP contribution in [0.1, 0.15) is 43.0 Å². The zero-order chi connectivity index (χ0) is 21.3. The highest BCUT2D eigenvalue weighted by molar-refractivity contribution is 7.15. The lowest BCUT2D eigenvalue weighted by Gasteiger charge is -2.36. The number of carbonyl (C=O) groups excluding carboxylic acids is 3. The fourth-order valence-electron chi connectivity index (χ4n) is 4.19. The zero-order valence-electron chi connectivity index (χ0n) is 16.6. The maximum atomic E-state index is 13.0. The maximum Gasteiger partial charge on any atom is 0.325 e. The monoisotopic (exact) mass is 430 g/mol. The summed E-state index contributed by atoms with van der Waals surface area (Å²) < 4.78 is 13.0. The number of amides is 4. The molecule has 1 aromatic heterocycles. The van der Waals surface area contributed by atoms with Crippen LogP contribution in [-0.2, 0) is 16.0 Å². The third-order valence-electron chi connectivity index (χ3n) is 5.89. The molecule has 158 valence electrons. The molecule has 2 N–H and O–H groups in total. The first-order valence-electron chi connectivity index (χ1n) is 10.0. The Kier molecular flexibility index (Phi) is 5.55. The van der Waals surface area contributed by atoms with Crippen molar-refractivity contribution in [2.75, 3.05) is 11.9 Å². The quantitative estimate of drug-likeness (QED) is 0.712. The molecule has 0 radical (unpaired) electrons. The van der Waals surface area contributed by atoms with E-state index in [2.05, 4.69) is 15.6 Å². The molecule has 4 amide bonds. The number of hydrogen-bond donors (Lipinski definition) is 2. The van der Waals surface area contributed by atoms with Crippen LogP contribution in [0.25, 0.3) is 0 Å². The van der Waals surface area contributed by atoms with Gasteiger partial charge in [-0.15, -0.1) is 11.3 Å². The molecule has 4 rings (SSSR count). The number of carbonyl (C=O) groups is 3. The van der Waals surface area contributed by atoms with Crippen LogP contribution in [-0.4, -0.2) is 39.8 Å². The van der Waals surface area contributed by atoms with Crippen LogP contribution in [0.5, 0.6) is 0 Å². The molecular formula is C21H23FN4O3S. The highest BCUT2D eigenvalue weighted by Gasteiger charge is 2.55. The summed E-state index contributed by atoms with van der Waals surface area (Å²) in [7, 11) is 0. The average Bonchev–Trinajstić information content (AvgIpc) is 3.24. The van der Waals surface area contributed by atoms with Crippen LogP contribution in [0.3, 0.4) is 0 Å². The molecule has 9 heteroatoms. The normalized spacial score (nSPS) is 23.7. The van der Waals surface area contributed by atoms with Crippen molar-refractivity contribution in [3.63, 3.8) is 0 Å². The van der Waals surface area contributed by atoms with Gasteiger partial charge in [-0.3, -0.25) is 14.5 Å². The molecule has 2 fully saturated rings. The molecular weight excluding hydrogens is 407 g/mol. The molecule has 2 aromatic rings. The van der Waals surface area contributed by atoms with Crippen LogP contribution < -0.4 is 10.6 Å². The number of rotatable bonds is 5. The first kappa shape index (κ1) is 20.5. The van der Waals surface area contributed by atoms with Gasteiger partial charge in [0.25, 0.3) is 5.91 Å². The molecule has 2 heterocycles. The van der Waals surface area contributed by atoms with Gasteiger partial charge >= 0.3 is 6.03 Å². The highest BCUT2D eigenvalue weighted by Crippen LogP contribution is 2.38. The van der Waals surface area contributed by atoms with E-state index in [1.54, 1.807) is 18.3 Å². The van der Waals surface area contributed by atoms with E-state index in [1.165, 1.54) is 23.5 Å². The Labute approximate surface area is 177 Å². The molecule has 2 atom stereocenters. The predicted octanol–water partition coefficient (Wildman–Crippen LogP) is 3.31. The third kappa shape index (κ3) is 3.94. The lowest BCUT2D eigenvalue weighted by atomic mass is 9.73. The Hall–Kier alpha value is -2.81. The van der Waals surface area contributed by atoms with Crippen molar-refractivity contribution in [2.24, 2.45) is 5.92 Å². The van der Waals surface area contributed by atoms with E-state index in [4.69, 9.17) is 0 Å². The Morgan fingerprint density at radius 3 is 2.83 bits per heavy atom. The van der Waals surface area contributed by atoms with Gasteiger partial charge in [-0.2, -0.15) is 0 Å². The highest BCUT2D eigenvalue weighted by atomic mass is 32.1. The second kappa shape index (κ2) is 8.14. The molecule has 1 aliphatic carbocycles. The van der Waals surface area contributed by atoms with Crippen LogP contribution in [0.4, 0.5) is 14.3 Å². The van der Waals surface area contributed by atoms with Crippen molar-refractivity contribution in [1.29, 1.82) is 0 Å². The first-order chi connectivity index (χ1) is 14.4. The van der Waals surface area contributed by atoms with Crippen molar-refractivity contribution in [3.05, 3.63) is 46.7 Å². The average molecular weight is 431 g/mol. The van der Waals surface area contributed by atoms with Crippen LogP contribution >= 0.6 is 11.3 Å². The number of halogens is 1. The van der Waals surface area contributed by atoms with E-state index < -0.39 is 17.5 Å². The Balaban J connectivity index is 1.37. The molecule has 0 unspecified atom stereocenters. The van der Waals surface area contributed by atoms with E-state index in [-0.39, 0.29) is 24.2 Å². The van der Waals surface area contributed by atoms with Gasteiger partial charge in [-0.25, -0.2) is 14.2 Å². The molecule has 1 saturated heterocycles. The minimum absolute atomic E-state index is 0.0451. The standard InChI is InChI=1S/C21H23FN4O3S/c1-13-4-2-3-9-21(13)18(28)26(20(29)25-21)12-17(27)24-19-23-11-16(30-19)10-14-5-7-15(22)8-6-14/h5-8,11,13H,2-4,9-10,12H2,1H3,(H,25,29)(H,23,24,27)/t13-,21-/m1/s1. The molecule has 1 aromatic carbocycles. The second-order valence-corrected chi connectivity index (χ2v) is 9.04. The zero-order valence-corrected chi connectivity index (χ0v) is 17.4. The van der Waals surface area contributed by atoms with Gasteiger partial charge < -0.3 is 10.6 Å². The van der Waals surface area contributed by atoms with Crippen LogP contribution in [0, 0.1) is 11.7 Å². The first-order valence-corrected chi connectivity index (χ1v) is 10.8. The molecule has 7 nitrogen and oxygen atoms in total. The van der Waals surface area contributed by atoms with Crippen molar-refractivity contribution < 1.29 is 18.8 Å². The largest absolute Gasteiger partial charge is 0.325 e. The number of urea groups is 1. The van der Waals surface area contributed by atoms with Gasteiger partial charge in [-0.1, -0.05) is 31.9 Å². The number of nitrogens with zero attached hydrogens (tertiary/aromatic N) is 2. The van der Waals surface area contributed by atoms with Crippen LogP contribution in [0.15, 0.2) is 30.5 Å². The minimum atomic E-state index is -0.876. The molecule has 1 spiro atoms. The van der Waals surface area contributed by atoms with E-state index in [1.807, 2.05) is 6.92 Å². The Morgan fingerprint density at radius 1 is 1.33 bits per heavy atom. The van der Waals surface area contributed by atoms with Gasteiger partial charge in [0, 0.05) is 17.5 Å².